The van der Waals surface area contributed by atoms with Gasteiger partial charge in [-0.3, -0.25) is 4.57 Å². The van der Waals surface area contributed by atoms with Crippen LogP contribution in [-0.2, 0) is 0 Å². The van der Waals surface area contributed by atoms with Crippen LogP contribution >= 0.6 is 0 Å². The van der Waals surface area contributed by atoms with Gasteiger partial charge in [0.05, 0.1) is 41.8 Å². The van der Waals surface area contributed by atoms with Gasteiger partial charge in [0, 0.05) is 62.8 Å². The lowest BCUT2D eigenvalue weighted by Crippen LogP contribution is -2.25. The van der Waals surface area contributed by atoms with Gasteiger partial charge in [-0.05, 0) is 84.6 Å². The Morgan fingerprint density at radius 1 is 0.548 bits per heavy atom. The summed E-state index contributed by atoms with van der Waals surface area (Å²) >= 11 is 0. The van der Waals surface area contributed by atoms with Crippen LogP contribution in [0.25, 0.3) is 71.8 Å². The minimum atomic E-state index is -0.563. The quantitative estimate of drug-likeness (QED) is 0.160. The summed E-state index contributed by atoms with van der Waals surface area (Å²) in [5.74, 6) is 1.92. The van der Waals surface area contributed by atoms with Gasteiger partial charge in [0.2, 0.25) is 0 Å². The van der Waals surface area contributed by atoms with Crippen LogP contribution in [0.15, 0.2) is 198 Å². The fraction of sp³-hybridized carbons (Fsp3) is 0.0536. The first-order valence-electron chi connectivity index (χ1n) is 25.2. The predicted molar refractivity (Wildman–Crippen MR) is 255 cm³/mol. The number of ether oxygens (including phenoxy) is 1. The van der Waals surface area contributed by atoms with Crippen molar-refractivity contribution in [3.8, 4) is 39.6 Å². The highest BCUT2D eigenvalue weighted by Gasteiger charge is 2.33. The van der Waals surface area contributed by atoms with Crippen LogP contribution in [0, 0.1) is 13.8 Å². The third kappa shape index (κ3) is 5.83. The molecule has 1 aliphatic rings. The first-order valence-corrected chi connectivity index (χ1v) is 20.2. The van der Waals surface area contributed by atoms with Gasteiger partial charge in [-0.15, -0.1) is 0 Å². The first kappa shape index (κ1) is 26.9. The molecule has 296 valence electrons. The Bertz CT molecular complexity index is 3990. The van der Waals surface area contributed by atoms with Crippen LogP contribution in [0.4, 0.5) is 22.7 Å². The van der Waals surface area contributed by atoms with Crippen LogP contribution < -0.4 is 14.5 Å². The molecule has 8 aromatic carbocycles. The van der Waals surface area contributed by atoms with Gasteiger partial charge in [0.1, 0.15) is 35.2 Å². The lowest BCUT2D eigenvalue weighted by atomic mass is 9.95. The molecule has 6 heteroatoms. The largest absolute Gasteiger partial charge is 0.457 e. The van der Waals surface area contributed by atoms with E-state index in [4.69, 9.17) is 27.8 Å². The van der Waals surface area contributed by atoms with Gasteiger partial charge in [0.15, 0.2) is 0 Å². The molecule has 0 unspecified atom stereocenters. The number of aryl methyl sites for hydroxylation is 2. The molecule has 1 aliphatic heterocycles. The maximum Gasteiger partial charge on any atom is 0.137 e. The Labute approximate surface area is 373 Å². The Balaban J connectivity index is 1.05. The highest BCUT2D eigenvalue weighted by molar-refractivity contribution is 6.11. The topological polar surface area (TPSA) is 46.7 Å². The van der Waals surface area contributed by atoms with Crippen LogP contribution in [0.2, 0.25) is 0 Å². The molecule has 3 aromatic heterocycles. The second kappa shape index (κ2) is 14.3. The van der Waals surface area contributed by atoms with Crippen molar-refractivity contribution < 1.29 is 22.9 Å². The lowest BCUT2D eigenvalue weighted by molar-refractivity contribution is 0.483. The van der Waals surface area contributed by atoms with Crippen molar-refractivity contribution in [2.24, 2.45) is 0 Å². The van der Waals surface area contributed by atoms with Crippen molar-refractivity contribution in [2.75, 3.05) is 16.5 Å². The summed E-state index contributed by atoms with van der Waals surface area (Å²) in [6.07, 6.45) is 1.89. The molecule has 12 rings (SSSR count). The summed E-state index contributed by atoms with van der Waals surface area (Å²) in [5, 5.41) is 3.75. The predicted octanol–water partition coefficient (Wildman–Crippen LogP) is 15.1. The van der Waals surface area contributed by atoms with Crippen molar-refractivity contribution in [3.05, 3.63) is 205 Å². The maximum atomic E-state index is 9.16. The molecule has 0 fully saturated rings. The van der Waals surface area contributed by atoms with Crippen LogP contribution in [0.3, 0.4) is 0 Å². The molecule has 0 amide bonds. The van der Waals surface area contributed by atoms with Gasteiger partial charge < -0.3 is 19.0 Å². The second-order valence-corrected chi connectivity index (χ2v) is 15.4. The third-order valence-corrected chi connectivity index (χ3v) is 11.8. The van der Waals surface area contributed by atoms with Gasteiger partial charge in [-0.1, -0.05) is 121 Å². The van der Waals surface area contributed by atoms with Crippen molar-refractivity contribution in [2.45, 2.75) is 13.8 Å². The molecular weight excluding hydrogens is 761 g/mol. The fourth-order valence-electron chi connectivity index (χ4n) is 8.74. The Hall–Kier alpha value is -8.09. The van der Waals surface area contributed by atoms with Gasteiger partial charge in [-0.2, -0.15) is 0 Å². The first-order chi connectivity index (χ1) is 34.7. The van der Waals surface area contributed by atoms with Crippen LogP contribution in [0.5, 0.6) is 11.5 Å². The minimum absolute atomic E-state index is 0.0552. The number of fused-ring (bicyclic) bond motifs is 7. The van der Waals surface area contributed by atoms with E-state index in [1.807, 2.05) is 108 Å². The van der Waals surface area contributed by atoms with Crippen molar-refractivity contribution in [1.82, 2.24) is 9.55 Å². The van der Waals surface area contributed by atoms with Crippen molar-refractivity contribution in [3.63, 3.8) is 0 Å². The average molecular weight is 811 g/mol. The molecule has 0 spiro atoms. The highest BCUT2D eigenvalue weighted by atomic mass is 16.5. The molecular formula is C56H40N4O2. The number of rotatable bonds is 7. The number of benzene rings is 8. The summed E-state index contributed by atoms with van der Waals surface area (Å²) in [5.41, 5.74) is 7.85. The molecule has 0 N–H and O–H groups in total. The minimum Gasteiger partial charge on any atom is -0.457 e. The van der Waals surface area contributed by atoms with Gasteiger partial charge in [-0.25, -0.2) is 4.98 Å². The third-order valence-electron chi connectivity index (χ3n) is 11.8. The molecule has 62 heavy (non-hydrogen) atoms. The summed E-state index contributed by atoms with van der Waals surface area (Å²) in [6, 6.07) is 35.3. The van der Waals surface area contributed by atoms with Crippen molar-refractivity contribution in [1.29, 1.82) is 0 Å². The van der Waals surface area contributed by atoms with E-state index >= 15 is 0 Å². The summed E-state index contributed by atoms with van der Waals surface area (Å²) in [4.78, 5) is 8.77. The number of anilines is 4. The van der Waals surface area contributed by atoms with E-state index in [9.17, 15) is 0 Å². The molecule has 0 saturated heterocycles. The molecule has 4 heterocycles. The highest BCUT2D eigenvalue weighted by Crippen LogP contribution is 2.52. The van der Waals surface area contributed by atoms with Gasteiger partial charge >= 0.3 is 0 Å². The number of pyridine rings is 1. The Kier molecular flexibility index (Phi) is 6.20. The zero-order valence-electron chi connectivity index (χ0n) is 43.5. The summed E-state index contributed by atoms with van der Waals surface area (Å²) in [6.45, 7) is 4.17. The molecule has 11 aromatic rings. The molecule has 6 nitrogen and oxygen atoms in total. The average Bonchev–Trinajstić information content (AvgIpc) is 4.05. The Morgan fingerprint density at radius 2 is 1.23 bits per heavy atom. The number of hydrogen-bond donors (Lipinski definition) is 0. The van der Waals surface area contributed by atoms with Crippen LogP contribution in [-0.4, -0.2) is 16.2 Å². The molecule has 0 atom stereocenters. The molecule has 0 radical (unpaired) electrons. The molecule has 0 bridgehead atoms. The smallest absolute Gasteiger partial charge is 0.137 e. The van der Waals surface area contributed by atoms with E-state index in [1.165, 1.54) is 0 Å². The van der Waals surface area contributed by atoms with E-state index < -0.39 is 60.4 Å². The molecule has 0 saturated carbocycles. The number of hydrogen-bond acceptors (Lipinski definition) is 5. The van der Waals surface area contributed by atoms with Crippen molar-refractivity contribution >= 4 is 66.5 Å². The fourth-order valence-corrected chi connectivity index (χ4v) is 8.74. The normalized spacial score (nSPS) is 14.8. The number of nitrogens with zero attached hydrogens (tertiary/aromatic N) is 4. The van der Waals surface area contributed by atoms with E-state index in [2.05, 4.69) is 35.8 Å². The summed E-state index contributed by atoms with van der Waals surface area (Å²) in [7, 11) is 0. The SMILES string of the molecule is [2H]c1c([2H])c([2H])c(-c2cccc(-c3c([2H])c([2H])c([2H])c([2H])c3[2H])c2N2CN(c3cccc(Oc4ccc5c6ccccc6n(-c6cc(C)c(C)cn6)c5c4)c3)c3cc4oc5ccccc5c4cc32)c([2H])c1[2H]. The van der Waals surface area contributed by atoms with E-state index in [0.717, 1.165) is 49.5 Å². The zero-order valence-corrected chi connectivity index (χ0v) is 33.5. The number of para-hydroxylation sites is 3. The van der Waals surface area contributed by atoms with E-state index in [-0.39, 0.29) is 34.6 Å². The second-order valence-electron chi connectivity index (χ2n) is 15.4. The standard InChI is InChI=1S/C56H40N4O2/c1-36-29-55(57-34-37(36)2)60-49-25-11-9-21-45(49)46-28-27-42(31-50(46)60)61-41-20-13-19-40(30-41)58-35-59(51-32-48-47-22-10-12-26-53(47)62-54(48)33-52(51)58)56-43(38-15-5-3-6-16-38)23-14-24-44(56)39-17-7-4-8-18-39/h3-34H,35H2,1-2H3/i3D,4D,5D,6D,7D,8D,15D,16D,17D,18D. The van der Waals surface area contributed by atoms with E-state index in [1.54, 1.807) is 18.2 Å². The maximum absolute atomic E-state index is 9.16. The van der Waals surface area contributed by atoms with Gasteiger partial charge in [0.25, 0.3) is 0 Å². The lowest BCUT2D eigenvalue weighted by Gasteiger charge is -2.27. The van der Waals surface area contributed by atoms with Crippen LogP contribution in [0.1, 0.15) is 24.8 Å². The number of aromatic nitrogens is 2. The molecule has 0 aliphatic carbocycles. The Morgan fingerprint density at radius 3 is 2.00 bits per heavy atom. The zero-order chi connectivity index (χ0) is 50.0. The summed E-state index contributed by atoms with van der Waals surface area (Å²) < 4.78 is 104. The number of furan rings is 1. The van der Waals surface area contributed by atoms with E-state index in [0.29, 0.717) is 39.7 Å². The monoisotopic (exact) mass is 810 g/mol.